The number of piperazine rings is 1. The Morgan fingerprint density at radius 1 is 1.31 bits per heavy atom. The van der Waals surface area contributed by atoms with E-state index < -0.39 is 0 Å². The number of nitrogens with one attached hydrogen (secondary N) is 1. The van der Waals surface area contributed by atoms with Gasteiger partial charge in [-0.25, -0.2) is 4.52 Å². The third-order valence-electron chi connectivity index (χ3n) is 5.62. The van der Waals surface area contributed by atoms with Crippen molar-refractivity contribution < 1.29 is 4.79 Å². The molecule has 5 rings (SSSR count). The molecule has 8 heteroatoms. The molecule has 3 aliphatic rings. The molecule has 1 amide bonds. The number of aryl methyl sites for hydroxylation is 2. The second kappa shape index (κ2) is 7.08. The molecule has 2 aromatic heterocycles. The highest BCUT2D eigenvalue weighted by Crippen LogP contribution is 2.44. The third-order valence-corrected chi connectivity index (χ3v) is 7.09. The third kappa shape index (κ3) is 3.38. The van der Waals surface area contributed by atoms with E-state index in [1.165, 1.54) is 0 Å². The Morgan fingerprint density at radius 2 is 2.17 bits per heavy atom. The van der Waals surface area contributed by atoms with Crippen LogP contribution in [0.1, 0.15) is 24.0 Å². The molecular formula is C21H25N6OP. The van der Waals surface area contributed by atoms with Gasteiger partial charge in [-0.15, -0.1) is 0 Å². The first-order valence-corrected chi connectivity index (χ1v) is 11.1. The van der Waals surface area contributed by atoms with Crippen LogP contribution in [0.5, 0.6) is 0 Å². The summed E-state index contributed by atoms with van der Waals surface area (Å²) in [4.78, 5) is 21.7. The van der Waals surface area contributed by atoms with Gasteiger partial charge in [-0.3, -0.25) is 9.78 Å². The fourth-order valence-electron chi connectivity index (χ4n) is 4.19. The molecule has 1 fully saturated rings. The number of fused-ring (bicyclic) bond motifs is 2. The van der Waals surface area contributed by atoms with Gasteiger partial charge in [-0.05, 0) is 32.9 Å². The van der Waals surface area contributed by atoms with Gasteiger partial charge in [0.2, 0.25) is 0 Å². The van der Waals surface area contributed by atoms with Gasteiger partial charge in [0.1, 0.15) is 0 Å². The quantitative estimate of drug-likeness (QED) is 0.772. The van der Waals surface area contributed by atoms with Gasteiger partial charge < -0.3 is 15.1 Å². The van der Waals surface area contributed by atoms with Crippen molar-refractivity contribution in [3.63, 3.8) is 0 Å². The van der Waals surface area contributed by atoms with Crippen molar-refractivity contribution in [1.82, 2.24) is 29.7 Å². The fraction of sp³-hybridized carbons (Fsp3) is 0.381. The fourth-order valence-corrected chi connectivity index (χ4v) is 5.52. The first-order chi connectivity index (χ1) is 14.0. The van der Waals surface area contributed by atoms with Crippen LogP contribution in [0, 0.1) is 13.8 Å². The van der Waals surface area contributed by atoms with Crippen molar-refractivity contribution in [2.24, 2.45) is 0 Å². The molecule has 0 radical (unpaired) electrons. The monoisotopic (exact) mass is 408 g/mol. The number of hydrogen-bond acceptors (Lipinski definition) is 5. The van der Waals surface area contributed by atoms with Gasteiger partial charge in [-0.1, -0.05) is 14.7 Å². The number of nitrogens with zero attached hydrogens (tertiary/aromatic N) is 5. The molecule has 0 spiro atoms. The Balaban J connectivity index is 1.43. The van der Waals surface area contributed by atoms with Crippen molar-refractivity contribution in [2.45, 2.75) is 32.6 Å². The predicted octanol–water partition coefficient (Wildman–Crippen LogP) is 2.24. The summed E-state index contributed by atoms with van der Waals surface area (Å²) in [5, 5.41) is 9.19. The summed E-state index contributed by atoms with van der Waals surface area (Å²) in [5.41, 5.74) is 4.86. The molecule has 2 aromatic rings. The van der Waals surface area contributed by atoms with Crippen LogP contribution in [0.25, 0.3) is 10.8 Å². The van der Waals surface area contributed by atoms with Crippen molar-refractivity contribution in [3.8, 4) is 0 Å². The van der Waals surface area contributed by atoms with Crippen molar-refractivity contribution >= 4 is 25.3 Å². The Kier molecular flexibility index (Phi) is 4.52. The van der Waals surface area contributed by atoms with Gasteiger partial charge in [0.25, 0.3) is 5.91 Å². The second-order valence-corrected chi connectivity index (χ2v) is 9.35. The first-order valence-electron chi connectivity index (χ1n) is 10.0. The molecule has 5 heterocycles. The zero-order chi connectivity index (χ0) is 20.1. The number of allylic oxidation sites excluding steroid dienone is 1. The maximum Gasteiger partial charge on any atom is 0.252 e. The maximum atomic E-state index is 12.9. The molecule has 0 saturated carbocycles. The molecular weight excluding hydrogens is 383 g/mol. The summed E-state index contributed by atoms with van der Waals surface area (Å²) < 4.78 is 1.87. The topological polar surface area (TPSA) is 65.8 Å². The second-order valence-electron chi connectivity index (χ2n) is 7.93. The Bertz CT molecular complexity index is 1080. The average Bonchev–Trinajstić information content (AvgIpc) is 3.12. The average molecular weight is 408 g/mol. The van der Waals surface area contributed by atoms with Crippen molar-refractivity contribution in [1.29, 1.82) is 0 Å². The van der Waals surface area contributed by atoms with E-state index in [-0.39, 0.29) is 11.7 Å². The number of aromatic nitrogens is 3. The SMILES string of the molecule is Cc1cn2nc(C3=CC(=O)N4C=C(N5CCNC(C)C5)C=CC4P3)cc2c(C)n1. The first kappa shape index (κ1) is 18.5. The summed E-state index contributed by atoms with van der Waals surface area (Å²) in [7, 11) is 0.466. The smallest absolute Gasteiger partial charge is 0.252 e. The van der Waals surface area contributed by atoms with E-state index in [0.29, 0.717) is 14.6 Å². The largest absolute Gasteiger partial charge is 0.368 e. The Labute approximate surface area is 171 Å². The highest BCUT2D eigenvalue weighted by atomic mass is 31.1. The standard InChI is InChI=1S/C21H25N6OP/c1-13-10-25(7-6-22-13)16-4-5-21-26(12-16)20(28)9-19(29-21)17-8-18-15(3)23-14(2)11-27(18)24-17/h4-5,8-9,11-13,21-22,29H,6-7,10H2,1-3H3. The van der Waals surface area contributed by atoms with Gasteiger partial charge in [0, 0.05) is 43.3 Å². The number of hydrogen-bond donors (Lipinski definition) is 1. The number of carbonyl (C=O) groups excluding carboxylic acids is 1. The lowest BCUT2D eigenvalue weighted by molar-refractivity contribution is -0.123. The van der Waals surface area contributed by atoms with E-state index in [9.17, 15) is 4.79 Å². The van der Waals surface area contributed by atoms with E-state index in [1.54, 1.807) is 6.08 Å². The molecule has 3 unspecified atom stereocenters. The van der Waals surface area contributed by atoms with E-state index in [1.807, 2.05) is 41.7 Å². The molecule has 0 bridgehead atoms. The highest BCUT2D eigenvalue weighted by molar-refractivity contribution is 7.51. The molecule has 1 saturated heterocycles. The summed E-state index contributed by atoms with van der Waals surface area (Å²) in [6, 6.07) is 2.50. The van der Waals surface area contributed by atoms with E-state index in [2.05, 4.69) is 34.3 Å². The van der Waals surface area contributed by atoms with Gasteiger partial charge in [0.15, 0.2) is 0 Å². The molecule has 3 aliphatic heterocycles. The Hall–Kier alpha value is -2.50. The summed E-state index contributed by atoms with van der Waals surface area (Å²) >= 11 is 0. The zero-order valence-electron chi connectivity index (χ0n) is 16.9. The summed E-state index contributed by atoms with van der Waals surface area (Å²) in [5.74, 6) is 0.0919. The van der Waals surface area contributed by atoms with Gasteiger partial charge in [-0.2, -0.15) is 5.10 Å². The van der Waals surface area contributed by atoms with Crippen LogP contribution < -0.4 is 5.32 Å². The molecule has 3 atom stereocenters. The lowest BCUT2D eigenvalue weighted by Crippen LogP contribution is -2.49. The molecule has 0 aliphatic carbocycles. The molecule has 150 valence electrons. The maximum absolute atomic E-state index is 12.9. The van der Waals surface area contributed by atoms with Crippen LogP contribution in [0.4, 0.5) is 0 Å². The summed E-state index contributed by atoms with van der Waals surface area (Å²) in [6.45, 7) is 9.04. The van der Waals surface area contributed by atoms with Crippen LogP contribution in [0.15, 0.2) is 42.4 Å². The van der Waals surface area contributed by atoms with E-state index >= 15 is 0 Å². The highest BCUT2D eigenvalue weighted by Gasteiger charge is 2.31. The number of amides is 1. The number of rotatable bonds is 2. The van der Waals surface area contributed by atoms with E-state index in [4.69, 9.17) is 5.10 Å². The summed E-state index contributed by atoms with van der Waals surface area (Å²) in [6.07, 6.45) is 10.0. The lowest BCUT2D eigenvalue weighted by Gasteiger charge is -2.39. The van der Waals surface area contributed by atoms with Crippen molar-refractivity contribution in [2.75, 3.05) is 19.6 Å². The normalized spacial score (nSPS) is 25.4. The van der Waals surface area contributed by atoms with Crippen LogP contribution in [0.2, 0.25) is 0 Å². The minimum Gasteiger partial charge on any atom is -0.368 e. The van der Waals surface area contributed by atoms with Crippen LogP contribution in [0.3, 0.4) is 0 Å². The minimum absolute atomic E-state index is 0.0249. The minimum atomic E-state index is 0.0249. The Morgan fingerprint density at radius 3 is 3.00 bits per heavy atom. The lowest BCUT2D eigenvalue weighted by atomic mass is 10.2. The van der Waals surface area contributed by atoms with E-state index in [0.717, 1.165) is 53.2 Å². The van der Waals surface area contributed by atoms with Crippen molar-refractivity contribution in [3.05, 3.63) is 59.5 Å². The van der Waals surface area contributed by atoms with Crippen LogP contribution in [-0.2, 0) is 4.79 Å². The molecule has 1 N–H and O–H groups in total. The van der Waals surface area contributed by atoms with Crippen LogP contribution in [-0.4, -0.2) is 61.8 Å². The van der Waals surface area contributed by atoms with Gasteiger partial charge >= 0.3 is 0 Å². The predicted molar refractivity (Wildman–Crippen MR) is 116 cm³/mol. The van der Waals surface area contributed by atoms with Gasteiger partial charge in [0.05, 0.1) is 40.3 Å². The molecule has 7 nitrogen and oxygen atoms in total. The van der Waals surface area contributed by atoms with Crippen LogP contribution >= 0.6 is 8.58 Å². The molecule has 29 heavy (non-hydrogen) atoms. The number of carbonyl (C=O) groups is 1. The molecule has 0 aromatic carbocycles. The zero-order valence-corrected chi connectivity index (χ0v) is 17.9.